The normalized spacial score (nSPS) is 13.2. The Morgan fingerprint density at radius 3 is 2.63 bits per heavy atom. The second-order valence-corrected chi connectivity index (χ2v) is 10.5. The number of rotatable bonds is 11. The summed E-state index contributed by atoms with van der Waals surface area (Å²) in [6.07, 6.45) is 6.44. The molecule has 0 aliphatic carbocycles. The van der Waals surface area contributed by atoms with E-state index in [4.69, 9.17) is 28.9 Å². The number of carbonyl (C=O) groups excluding carboxylic acids is 1. The third-order valence-corrected chi connectivity index (χ3v) is 6.44. The Hall–Kier alpha value is -1.47. The summed E-state index contributed by atoms with van der Waals surface area (Å²) in [6, 6.07) is 8.16. The molecule has 162 valence electrons. The number of aromatic nitrogens is 1. The largest absolute Gasteiger partial charge is 0.382 e. The highest BCUT2D eigenvalue weighted by Crippen LogP contribution is 2.30. The number of hydrogen-bond acceptors (Lipinski definition) is 6. The Kier molecular flexibility index (Phi) is 10.2. The molecule has 2 aromatic rings. The van der Waals surface area contributed by atoms with Crippen molar-refractivity contribution in [2.45, 2.75) is 43.9 Å². The molecule has 1 unspecified atom stereocenters. The molecule has 0 aliphatic heterocycles. The number of alkyl halides is 1. The quantitative estimate of drug-likeness (QED) is 0.150. The van der Waals surface area contributed by atoms with E-state index in [-0.39, 0.29) is 23.4 Å². The van der Waals surface area contributed by atoms with Crippen LogP contribution in [0.5, 0.6) is 0 Å². The average molecular weight is 485 g/mol. The van der Waals surface area contributed by atoms with Crippen molar-refractivity contribution in [2.24, 2.45) is 5.92 Å². The summed E-state index contributed by atoms with van der Waals surface area (Å²) >= 11 is 15.1. The van der Waals surface area contributed by atoms with E-state index in [0.29, 0.717) is 21.0 Å². The van der Waals surface area contributed by atoms with Gasteiger partial charge in [0.2, 0.25) is 0 Å². The zero-order valence-electron chi connectivity index (χ0n) is 17.3. The van der Waals surface area contributed by atoms with E-state index in [1.807, 2.05) is 30.8 Å². The molecule has 0 spiro atoms. The molecule has 1 heterocycles. The predicted molar refractivity (Wildman–Crippen MR) is 134 cm³/mol. The number of anilines is 3. The molecule has 3 N–H and O–H groups in total. The van der Waals surface area contributed by atoms with Crippen molar-refractivity contribution in [3.8, 4) is 0 Å². The van der Waals surface area contributed by atoms with E-state index in [2.05, 4.69) is 36.3 Å². The summed E-state index contributed by atoms with van der Waals surface area (Å²) in [5, 5.41) is 4.11. The first-order chi connectivity index (χ1) is 14.2. The van der Waals surface area contributed by atoms with Crippen molar-refractivity contribution in [3.63, 3.8) is 0 Å². The highest BCUT2D eigenvalue weighted by molar-refractivity contribution is 7.99. The number of carbonyl (C=O) groups is 1. The van der Waals surface area contributed by atoms with Crippen LogP contribution in [0.25, 0.3) is 0 Å². The van der Waals surface area contributed by atoms with Gasteiger partial charge in [0.05, 0.1) is 0 Å². The summed E-state index contributed by atoms with van der Waals surface area (Å²) in [4.78, 5) is 18.4. The van der Waals surface area contributed by atoms with Crippen LogP contribution in [0.4, 0.5) is 16.6 Å². The van der Waals surface area contributed by atoms with E-state index < -0.39 is 0 Å². The van der Waals surface area contributed by atoms with Crippen LogP contribution in [0, 0.1) is 5.92 Å². The Balaban J connectivity index is 1.96. The Bertz CT molecular complexity index is 890. The van der Waals surface area contributed by atoms with Gasteiger partial charge in [0, 0.05) is 27.4 Å². The Labute approximate surface area is 196 Å². The number of benzene rings is 1. The van der Waals surface area contributed by atoms with Crippen molar-refractivity contribution in [3.05, 3.63) is 52.4 Å². The molecular formula is C22H27Cl2N3OS2. The van der Waals surface area contributed by atoms with Crippen molar-refractivity contribution in [2.75, 3.05) is 16.8 Å². The van der Waals surface area contributed by atoms with Crippen LogP contribution in [0.1, 0.15) is 43.3 Å². The van der Waals surface area contributed by atoms with Crippen molar-refractivity contribution >= 4 is 68.7 Å². The van der Waals surface area contributed by atoms with E-state index in [0.717, 1.165) is 11.4 Å². The monoisotopic (exact) mass is 483 g/mol. The van der Waals surface area contributed by atoms with Crippen molar-refractivity contribution < 1.29 is 4.79 Å². The number of allylic oxidation sites excluding steroid dienone is 4. The van der Waals surface area contributed by atoms with Gasteiger partial charge in [-0.1, -0.05) is 48.9 Å². The molecule has 0 bridgehead atoms. The smallest absolute Gasteiger partial charge is 0.189 e. The maximum atomic E-state index is 12.5. The summed E-state index contributed by atoms with van der Waals surface area (Å²) in [6.45, 7) is 6.31. The first kappa shape index (κ1) is 24.8. The van der Waals surface area contributed by atoms with E-state index >= 15 is 0 Å². The number of halogens is 2. The lowest BCUT2D eigenvalue weighted by atomic mass is 10.2. The van der Waals surface area contributed by atoms with Gasteiger partial charge in [0.1, 0.15) is 10.7 Å². The third-order valence-electron chi connectivity index (χ3n) is 3.96. The number of ketones is 1. The fourth-order valence-corrected chi connectivity index (χ4v) is 4.64. The zero-order chi connectivity index (χ0) is 22.1. The second-order valence-electron chi connectivity index (χ2n) is 7.19. The fourth-order valence-electron chi connectivity index (χ4n) is 2.36. The lowest BCUT2D eigenvalue weighted by molar-refractivity contribution is 0.0999. The molecule has 0 amide bonds. The number of Topliss-reactive ketones (excluding diaryl/α,β-unsaturated/α-hetero) is 1. The van der Waals surface area contributed by atoms with Crippen LogP contribution in [0.3, 0.4) is 0 Å². The number of nitrogens with two attached hydrogens (primary N) is 1. The molecule has 8 heteroatoms. The van der Waals surface area contributed by atoms with Gasteiger partial charge in [-0.3, -0.25) is 4.79 Å². The van der Waals surface area contributed by atoms with Crippen LogP contribution < -0.4 is 11.1 Å². The lowest BCUT2D eigenvalue weighted by Crippen LogP contribution is -2.00. The number of thiazole rings is 1. The number of nitrogens with one attached hydrogen (secondary N) is 1. The van der Waals surface area contributed by atoms with Crippen LogP contribution >= 0.6 is 46.3 Å². The Morgan fingerprint density at radius 1 is 1.30 bits per heavy atom. The first-order valence-electron chi connectivity index (χ1n) is 9.71. The van der Waals surface area contributed by atoms with E-state index in [9.17, 15) is 4.79 Å². The fraction of sp³-hybridized carbons (Fsp3) is 0.364. The minimum atomic E-state index is -0.163. The molecular weight excluding hydrogens is 457 g/mol. The summed E-state index contributed by atoms with van der Waals surface area (Å²) in [5.74, 6) is 1.87. The van der Waals surface area contributed by atoms with Gasteiger partial charge in [0.15, 0.2) is 10.9 Å². The summed E-state index contributed by atoms with van der Waals surface area (Å²) in [7, 11) is 0. The molecule has 1 aromatic heterocycles. The highest BCUT2D eigenvalue weighted by Gasteiger charge is 2.17. The number of hydrogen-bond donors (Lipinski definition) is 2. The van der Waals surface area contributed by atoms with Crippen LogP contribution in [0.2, 0.25) is 0 Å². The highest BCUT2D eigenvalue weighted by atomic mass is 35.5. The molecule has 0 saturated carbocycles. The van der Waals surface area contributed by atoms with Gasteiger partial charge in [-0.15, -0.1) is 23.4 Å². The first-order valence-corrected chi connectivity index (χ1v) is 12.3. The van der Waals surface area contributed by atoms with Gasteiger partial charge in [0.25, 0.3) is 0 Å². The molecule has 1 atom stereocenters. The maximum absolute atomic E-state index is 12.5. The molecule has 2 rings (SSSR count). The minimum Gasteiger partial charge on any atom is -0.382 e. The van der Waals surface area contributed by atoms with Gasteiger partial charge in [-0.05, 0) is 55.4 Å². The third kappa shape index (κ3) is 8.72. The molecule has 4 nitrogen and oxygen atoms in total. The predicted octanol–water partition coefficient (Wildman–Crippen LogP) is 7.49. The standard InChI is InChI=1S/C22H27Cl2N3OS2/c1-14(2)11-12-29-18-9-7-17(8-10-18)26-22-27-21(25)20(30-22)19(28)13-16(24)6-4-5-15(3)23/h4-10,14-15H,11-13,25H2,1-3H3,(H,26,27)/b5-4-,16-6+. The van der Waals surface area contributed by atoms with Gasteiger partial charge < -0.3 is 11.1 Å². The molecule has 0 fully saturated rings. The topological polar surface area (TPSA) is 68.0 Å². The maximum Gasteiger partial charge on any atom is 0.189 e. The van der Waals surface area contributed by atoms with Crippen LogP contribution in [-0.4, -0.2) is 21.9 Å². The van der Waals surface area contributed by atoms with Crippen molar-refractivity contribution in [1.82, 2.24) is 4.98 Å². The SMILES string of the molecule is CC(Cl)/C=C\C=C(\Cl)CC(=O)c1sc(Nc2ccc(SCCC(C)C)cc2)nc1N. The van der Waals surface area contributed by atoms with Crippen LogP contribution in [-0.2, 0) is 0 Å². The number of nitrogen functional groups attached to an aromatic ring is 1. The molecule has 0 saturated heterocycles. The van der Waals surface area contributed by atoms with Crippen molar-refractivity contribution in [1.29, 1.82) is 0 Å². The van der Waals surface area contributed by atoms with E-state index in [1.165, 1.54) is 22.7 Å². The average Bonchev–Trinajstić information content (AvgIpc) is 3.03. The van der Waals surface area contributed by atoms with Crippen LogP contribution in [0.15, 0.2) is 52.4 Å². The lowest BCUT2D eigenvalue weighted by Gasteiger charge is -2.06. The summed E-state index contributed by atoms with van der Waals surface area (Å²) in [5.41, 5.74) is 6.85. The molecule has 0 aliphatic rings. The number of nitrogens with zero attached hydrogens (tertiary/aromatic N) is 1. The summed E-state index contributed by atoms with van der Waals surface area (Å²) < 4.78 is 0. The molecule has 1 aromatic carbocycles. The second kappa shape index (κ2) is 12.4. The molecule has 30 heavy (non-hydrogen) atoms. The van der Waals surface area contributed by atoms with Gasteiger partial charge in [-0.25, -0.2) is 4.98 Å². The number of thioether (sulfide) groups is 1. The van der Waals surface area contributed by atoms with E-state index in [1.54, 1.807) is 18.2 Å². The van der Waals surface area contributed by atoms with Gasteiger partial charge >= 0.3 is 0 Å². The van der Waals surface area contributed by atoms with Gasteiger partial charge in [-0.2, -0.15) is 0 Å². The zero-order valence-corrected chi connectivity index (χ0v) is 20.5. The Morgan fingerprint density at radius 2 is 2.00 bits per heavy atom. The molecule has 0 radical (unpaired) electrons. The minimum absolute atomic E-state index is 0.0662.